The molecule has 2 aliphatic rings. The lowest BCUT2D eigenvalue weighted by Gasteiger charge is -2.19. The normalized spacial score (nSPS) is 34.6. The molecule has 0 amide bonds. The van der Waals surface area contributed by atoms with Crippen LogP contribution in [0.2, 0.25) is 0 Å². The molecule has 0 saturated heterocycles. The fourth-order valence-electron chi connectivity index (χ4n) is 3.12. The van der Waals surface area contributed by atoms with Crippen molar-refractivity contribution in [2.45, 2.75) is 58.3 Å². The van der Waals surface area contributed by atoms with Crippen LogP contribution in [0.15, 0.2) is 0 Å². The maximum absolute atomic E-state index is 11.2. The molecule has 0 aromatic carbocycles. The third-order valence-corrected chi connectivity index (χ3v) is 4.12. The lowest BCUT2D eigenvalue weighted by Crippen LogP contribution is -2.09. The van der Waals surface area contributed by atoms with E-state index in [4.69, 9.17) is 0 Å². The van der Waals surface area contributed by atoms with Gasteiger partial charge in [-0.1, -0.05) is 44.9 Å². The second-order valence-electron chi connectivity index (χ2n) is 5.22. The molecular formula is C13H22O. The number of hydrogen-bond donors (Lipinski definition) is 0. The third-order valence-electron chi connectivity index (χ3n) is 4.12. The van der Waals surface area contributed by atoms with Gasteiger partial charge in [0.05, 0.1) is 0 Å². The molecule has 0 aromatic heterocycles. The predicted molar refractivity (Wildman–Crippen MR) is 58.1 cm³/mol. The van der Waals surface area contributed by atoms with Crippen LogP contribution < -0.4 is 0 Å². The van der Waals surface area contributed by atoms with Crippen LogP contribution >= 0.6 is 0 Å². The summed E-state index contributed by atoms with van der Waals surface area (Å²) in [5.41, 5.74) is 0. The number of carbonyl (C=O) groups is 1. The minimum atomic E-state index is 0.442. The summed E-state index contributed by atoms with van der Waals surface area (Å²) in [7, 11) is 0. The molecule has 0 aromatic rings. The van der Waals surface area contributed by atoms with Gasteiger partial charge in [0.25, 0.3) is 0 Å². The first-order valence-corrected chi connectivity index (χ1v) is 6.29. The van der Waals surface area contributed by atoms with Gasteiger partial charge in [0.1, 0.15) is 5.78 Å². The summed E-state index contributed by atoms with van der Waals surface area (Å²) in [6, 6.07) is 0. The van der Waals surface area contributed by atoms with E-state index >= 15 is 0 Å². The van der Waals surface area contributed by atoms with Crippen molar-refractivity contribution >= 4 is 5.78 Å². The van der Waals surface area contributed by atoms with Crippen LogP contribution in [-0.4, -0.2) is 5.78 Å². The molecule has 0 spiro atoms. The largest absolute Gasteiger partial charge is 0.300 e. The van der Waals surface area contributed by atoms with Gasteiger partial charge < -0.3 is 0 Å². The molecule has 2 atom stereocenters. The monoisotopic (exact) mass is 194 g/mol. The highest BCUT2D eigenvalue weighted by Crippen LogP contribution is 2.48. The Morgan fingerprint density at radius 3 is 2.07 bits per heavy atom. The van der Waals surface area contributed by atoms with Crippen molar-refractivity contribution in [3.05, 3.63) is 0 Å². The molecule has 0 aliphatic heterocycles. The van der Waals surface area contributed by atoms with Crippen LogP contribution in [0, 0.1) is 17.8 Å². The Bertz CT molecular complexity index is 201. The molecule has 2 aliphatic carbocycles. The van der Waals surface area contributed by atoms with Crippen LogP contribution in [0.3, 0.4) is 0 Å². The minimum absolute atomic E-state index is 0.442. The summed E-state index contributed by atoms with van der Waals surface area (Å²) in [4.78, 5) is 11.2. The molecule has 2 saturated carbocycles. The summed E-state index contributed by atoms with van der Waals surface area (Å²) in [6.45, 7) is 1.77. The highest BCUT2D eigenvalue weighted by molar-refractivity contribution is 5.81. The van der Waals surface area contributed by atoms with Gasteiger partial charge in [0.2, 0.25) is 0 Å². The number of carbonyl (C=O) groups excluding carboxylic acids is 1. The first kappa shape index (κ1) is 10.2. The molecule has 2 unspecified atom stereocenters. The van der Waals surface area contributed by atoms with Gasteiger partial charge in [-0.2, -0.15) is 0 Å². The van der Waals surface area contributed by atoms with E-state index in [-0.39, 0.29) is 0 Å². The fraction of sp³-hybridized carbons (Fsp3) is 0.923. The van der Waals surface area contributed by atoms with Gasteiger partial charge in [-0.15, -0.1) is 0 Å². The van der Waals surface area contributed by atoms with E-state index in [1.54, 1.807) is 6.92 Å². The van der Waals surface area contributed by atoms with Gasteiger partial charge in [0, 0.05) is 5.92 Å². The summed E-state index contributed by atoms with van der Waals surface area (Å²) in [5.74, 6) is 2.58. The molecule has 0 bridgehead atoms. The standard InChI is InChI=1S/C13H22O/c1-10(14)12-9-13(12)11-7-5-3-2-4-6-8-11/h11-13H,2-9H2,1H3. The van der Waals surface area contributed by atoms with Gasteiger partial charge in [0.15, 0.2) is 0 Å². The van der Waals surface area contributed by atoms with Crippen molar-refractivity contribution in [1.82, 2.24) is 0 Å². The highest BCUT2D eigenvalue weighted by atomic mass is 16.1. The lowest BCUT2D eigenvalue weighted by atomic mass is 9.87. The van der Waals surface area contributed by atoms with E-state index in [0.29, 0.717) is 11.7 Å². The first-order valence-electron chi connectivity index (χ1n) is 6.29. The van der Waals surface area contributed by atoms with Crippen molar-refractivity contribution in [3.63, 3.8) is 0 Å². The Hall–Kier alpha value is -0.330. The van der Waals surface area contributed by atoms with Crippen LogP contribution in [-0.2, 0) is 4.79 Å². The molecular weight excluding hydrogens is 172 g/mol. The molecule has 0 radical (unpaired) electrons. The van der Waals surface area contributed by atoms with Crippen molar-refractivity contribution < 1.29 is 4.79 Å². The number of Topliss-reactive ketones (excluding diaryl/α,β-unsaturated/α-hetero) is 1. The minimum Gasteiger partial charge on any atom is -0.300 e. The lowest BCUT2D eigenvalue weighted by molar-refractivity contribution is -0.118. The van der Waals surface area contributed by atoms with E-state index in [9.17, 15) is 4.79 Å². The number of hydrogen-bond acceptors (Lipinski definition) is 1. The fourth-order valence-corrected chi connectivity index (χ4v) is 3.12. The van der Waals surface area contributed by atoms with Crippen molar-refractivity contribution in [3.8, 4) is 0 Å². The quantitative estimate of drug-likeness (QED) is 0.656. The van der Waals surface area contributed by atoms with E-state index < -0.39 is 0 Å². The average molecular weight is 194 g/mol. The smallest absolute Gasteiger partial charge is 0.133 e. The van der Waals surface area contributed by atoms with Crippen LogP contribution in [0.1, 0.15) is 58.3 Å². The van der Waals surface area contributed by atoms with E-state index in [2.05, 4.69) is 0 Å². The molecule has 0 heterocycles. The summed E-state index contributed by atoms with van der Waals surface area (Å²) in [6.07, 6.45) is 11.1. The van der Waals surface area contributed by atoms with Gasteiger partial charge in [-0.05, 0) is 25.2 Å². The van der Waals surface area contributed by atoms with E-state index in [1.807, 2.05) is 0 Å². The zero-order chi connectivity index (χ0) is 9.97. The van der Waals surface area contributed by atoms with Gasteiger partial charge in [-0.3, -0.25) is 4.79 Å². The predicted octanol–water partition coefficient (Wildman–Crippen LogP) is 3.57. The molecule has 0 N–H and O–H groups in total. The maximum Gasteiger partial charge on any atom is 0.133 e. The topological polar surface area (TPSA) is 17.1 Å². The molecule has 14 heavy (non-hydrogen) atoms. The first-order chi connectivity index (χ1) is 6.79. The number of ketones is 1. The van der Waals surface area contributed by atoms with Gasteiger partial charge in [-0.25, -0.2) is 0 Å². The molecule has 80 valence electrons. The number of rotatable bonds is 2. The highest BCUT2D eigenvalue weighted by Gasteiger charge is 2.44. The third kappa shape index (κ3) is 2.37. The second-order valence-corrected chi connectivity index (χ2v) is 5.22. The van der Waals surface area contributed by atoms with Crippen LogP contribution in [0.25, 0.3) is 0 Å². The molecule has 1 heteroatoms. The zero-order valence-electron chi connectivity index (χ0n) is 9.30. The second kappa shape index (κ2) is 4.46. The Balaban J connectivity index is 1.81. The molecule has 1 nitrogen and oxygen atoms in total. The van der Waals surface area contributed by atoms with Crippen molar-refractivity contribution in [2.75, 3.05) is 0 Å². The van der Waals surface area contributed by atoms with E-state index in [0.717, 1.165) is 11.8 Å². The van der Waals surface area contributed by atoms with E-state index in [1.165, 1.54) is 51.4 Å². The summed E-state index contributed by atoms with van der Waals surface area (Å²) >= 11 is 0. The maximum atomic E-state index is 11.2. The molecule has 2 rings (SSSR count). The van der Waals surface area contributed by atoms with Crippen LogP contribution in [0.4, 0.5) is 0 Å². The molecule has 2 fully saturated rings. The van der Waals surface area contributed by atoms with Gasteiger partial charge >= 0.3 is 0 Å². The average Bonchev–Trinajstić information content (AvgIpc) is 2.82. The Kier molecular flexibility index (Phi) is 3.25. The zero-order valence-corrected chi connectivity index (χ0v) is 9.30. The summed E-state index contributed by atoms with van der Waals surface area (Å²) < 4.78 is 0. The summed E-state index contributed by atoms with van der Waals surface area (Å²) in [5, 5.41) is 0. The SMILES string of the molecule is CC(=O)C1CC1C1CCCCCCC1. The Labute approximate surface area is 87.3 Å². The Morgan fingerprint density at radius 1 is 1.00 bits per heavy atom. The van der Waals surface area contributed by atoms with Crippen LogP contribution in [0.5, 0.6) is 0 Å². The Morgan fingerprint density at radius 2 is 1.57 bits per heavy atom. The van der Waals surface area contributed by atoms with Crippen molar-refractivity contribution in [1.29, 1.82) is 0 Å². The van der Waals surface area contributed by atoms with Crippen molar-refractivity contribution in [2.24, 2.45) is 17.8 Å².